The van der Waals surface area contributed by atoms with Crippen LogP contribution in [-0.2, 0) is 9.59 Å². The molecule has 2 rings (SSSR count). The summed E-state index contributed by atoms with van der Waals surface area (Å²) in [6, 6.07) is 8.88. The molecule has 0 saturated carbocycles. The minimum absolute atomic E-state index is 0.000759. The van der Waals surface area contributed by atoms with E-state index in [2.05, 4.69) is 26.3 Å². The number of amides is 2. The molecular weight excluding hydrogens is 372 g/mol. The highest BCUT2D eigenvalue weighted by atomic mass is 79.9. The minimum atomic E-state index is -0.446. The van der Waals surface area contributed by atoms with Crippen LogP contribution in [0.15, 0.2) is 47.2 Å². The summed E-state index contributed by atoms with van der Waals surface area (Å²) in [6.45, 7) is 3.67. The SMILES string of the molecule is CC(NC(=O)CN(C)C(=O)C(C)n1cccn1)c1ccccc1Br. The number of halogens is 1. The third kappa shape index (κ3) is 4.44. The summed E-state index contributed by atoms with van der Waals surface area (Å²) in [4.78, 5) is 26.0. The standard InChI is InChI=1S/C17H21BrN4O2/c1-12(14-7-4-5-8-15(14)18)20-16(23)11-21(3)17(24)13(2)22-10-6-9-19-22/h4-10,12-13H,11H2,1-3H3,(H,20,23). The molecule has 2 aromatic rings. The van der Waals surface area contributed by atoms with Crippen molar-refractivity contribution in [3.8, 4) is 0 Å². The van der Waals surface area contributed by atoms with Gasteiger partial charge in [-0.2, -0.15) is 5.10 Å². The van der Waals surface area contributed by atoms with Crippen LogP contribution < -0.4 is 5.32 Å². The van der Waals surface area contributed by atoms with Gasteiger partial charge in [0.2, 0.25) is 11.8 Å². The molecule has 2 atom stereocenters. The Morgan fingerprint density at radius 2 is 2.00 bits per heavy atom. The quantitative estimate of drug-likeness (QED) is 0.820. The first-order valence-electron chi connectivity index (χ1n) is 7.68. The van der Waals surface area contributed by atoms with E-state index >= 15 is 0 Å². The third-order valence-electron chi connectivity index (χ3n) is 3.79. The van der Waals surface area contributed by atoms with E-state index in [1.54, 1.807) is 37.1 Å². The average molecular weight is 393 g/mol. The van der Waals surface area contributed by atoms with E-state index in [0.717, 1.165) is 10.0 Å². The molecule has 1 aromatic carbocycles. The lowest BCUT2D eigenvalue weighted by Gasteiger charge is -2.22. The van der Waals surface area contributed by atoms with Gasteiger partial charge in [0.15, 0.2) is 0 Å². The van der Waals surface area contributed by atoms with E-state index in [4.69, 9.17) is 0 Å². The highest BCUT2D eigenvalue weighted by Crippen LogP contribution is 2.22. The van der Waals surface area contributed by atoms with Crippen molar-refractivity contribution in [2.45, 2.75) is 25.9 Å². The largest absolute Gasteiger partial charge is 0.348 e. The predicted molar refractivity (Wildman–Crippen MR) is 95.3 cm³/mol. The fourth-order valence-corrected chi connectivity index (χ4v) is 3.05. The summed E-state index contributed by atoms with van der Waals surface area (Å²) in [6.07, 6.45) is 3.35. The molecule has 0 fully saturated rings. The van der Waals surface area contributed by atoms with Gasteiger partial charge in [-0.05, 0) is 31.5 Å². The number of hydrogen-bond donors (Lipinski definition) is 1. The summed E-state index contributed by atoms with van der Waals surface area (Å²) >= 11 is 3.48. The monoisotopic (exact) mass is 392 g/mol. The predicted octanol–water partition coefficient (Wildman–Crippen LogP) is 2.54. The number of nitrogens with one attached hydrogen (secondary N) is 1. The highest BCUT2D eigenvalue weighted by Gasteiger charge is 2.22. The molecule has 0 aliphatic carbocycles. The van der Waals surface area contributed by atoms with Crippen LogP contribution in [0.5, 0.6) is 0 Å². The van der Waals surface area contributed by atoms with Crippen LogP contribution in [-0.4, -0.2) is 40.1 Å². The van der Waals surface area contributed by atoms with Gasteiger partial charge in [0.1, 0.15) is 6.04 Å². The first-order valence-corrected chi connectivity index (χ1v) is 8.47. The molecule has 2 amide bonds. The highest BCUT2D eigenvalue weighted by molar-refractivity contribution is 9.10. The summed E-state index contributed by atoms with van der Waals surface area (Å²) in [5.41, 5.74) is 0.990. The fourth-order valence-electron chi connectivity index (χ4n) is 2.43. The first-order chi connectivity index (χ1) is 11.4. The van der Waals surface area contributed by atoms with Crippen LogP contribution in [0, 0.1) is 0 Å². The van der Waals surface area contributed by atoms with Crippen molar-refractivity contribution in [3.05, 3.63) is 52.8 Å². The number of rotatable bonds is 6. The Morgan fingerprint density at radius 1 is 1.29 bits per heavy atom. The second kappa shape index (κ2) is 8.10. The lowest BCUT2D eigenvalue weighted by molar-refractivity contribution is -0.137. The van der Waals surface area contributed by atoms with E-state index in [9.17, 15) is 9.59 Å². The molecule has 128 valence electrons. The molecule has 0 radical (unpaired) electrons. The number of nitrogens with zero attached hydrogens (tertiary/aromatic N) is 3. The molecule has 1 heterocycles. The van der Waals surface area contributed by atoms with E-state index in [1.807, 2.05) is 31.2 Å². The average Bonchev–Trinajstić information content (AvgIpc) is 3.07. The second-order valence-electron chi connectivity index (χ2n) is 5.67. The Labute approximate surface area is 150 Å². The maximum atomic E-state index is 12.4. The van der Waals surface area contributed by atoms with Crippen LogP contribution in [0.4, 0.5) is 0 Å². The number of hydrogen-bond acceptors (Lipinski definition) is 3. The minimum Gasteiger partial charge on any atom is -0.348 e. The van der Waals surface area contributed by atoms with Gasteiger partial charge in [-0.3, -0.25) is 14.3 Å². The van der Waals surface area contributed by atoms with Crippen molar-refractivity contribution in [3.63, 3.8) is 0 Å². The van der Waals surface area contributed by atoms with E-state index in [1.165, 1.54) is 4.90 Å². The van der Waals surface area contributed by atoms with Gasteiger partial charge in [-0.25, -0.2) is 0 Å². The van der Waals surface area contributed by atoms with Crippen LogP contribution in [0.3, 0.4) is 0 Å². The zero-order valence-corrected chi connectivity index (χ0v) is 15.5. The lowest BCUT2D eigenvalue weighted by Crippen LogP contribution is -2.41. The molecule has 0 saturated heterocycles. The van der Waals surface area contributed by atoms with Crippen LogP contribution in [0.25, 0.3) is 0 Å². The van der Waals surface area contributed by atoms with Crippen molar-refractivity contribution in [1.29, 1.82) is 0 Å². The summed E-state index contributed by atoms with van der Waals surface area (Å²) in [5, 5.41) is 6.97. The number of benzene rings is 1. The van der Waals surface area contributed by atoms with Gasteiger partial charge in [0.25, 0.3) is 0 Å². The Bertz CT molecular complexity index is 702. The molecule has 2 unspecified atom stereocenters. The lowest BCUT2D eigenvalue weighted by atomic mass is 10.1. The molecule has 1 aromatic heterocycles. The second-order valence-corrected chi connectivity index (χ2v) is 6.52. The van der Waals surface area contributed by atoms with Crippen LogP contribution in [0.1, 0.15) is 31.5 Å². The van der Waals surface area contributed by atoms with Crippen LogP contribution in [0.2, 0.25) is 0 Å². The fraction of sp³-hybridized carbons (Fsp3) is 0.353. The van der Waals surface area contributed by atoms with Crippen LogP contribution >= 0.6 is 15.9 Å². The Hall–Kier alpha value is -2.15. The smallest absolute Gasteiger partial charge is 0.247 e. The first kappa shape index (κ1) is 18.2. The van der Waals surface area contributed by atoms with Gasteiger partial charge in [0.05, 0.1) is 12.6 Å². The molecule has 0 aliphatic rings. The topological polar surface area (TPSA) is 67.2 Å². The van der Waals surface area contributed by atoms with Crippen molar-refractivity contribution in [1.82, 2.24) is 20.0 Å². The molecule has 7 heteroatoms. The normalized spacial score (nSPS) is 13.2. The molecular formula is C17H21BrN4O2. The molecule has 0 aliphatic heterocycles. The zero-order valence-electron chi connectivity index (χ0n) is 13.9. The van der Waals surface area contributed by atoms with Gasteiger partial charge in [-0.15, -0.1) is 0 Å². The molecule has 1 N–H and O–H groups in total. The third-order valence-corrected chi connectivity index (χ3v) is 4.51. The Balaban J connectivity index is 1.92. The van der Waals surface area contributed by atoms with E-state index in [0.29, 0.717) is 0 Å². The summed E-state index contributed by atoms with van der Waals surface area (Å²) in [7, 11) is 1.62. The van der Waals surface area contributed by atoms with E-state index in [-0.39, 0.29) is 24.4 Å². The van der Waals surface area contributed by atoms with Gasteiger partial charge >= 0.3 is 0 Å². The number of likely N-dealkylation sites (N-methyl/N-ethyl adjacent to an activating group) is 1. The molecule has 0 spiro atoms. The van der Waals surface area contributed by atoms with Crippen molar-refractivity contribution < 1.29 is 9.59 Å². The van der Waals surface area contributed by atoms with E-state index < -0.39 is 6.04 Å². The zero-order chi connectivity index (χ0) is 17.7. The van der Waals surface area contributed by atoms with Gasteiger partial charge in [-0.1, -0.05) is 34.1 Å². The molecule has 0 bridgehead atoms. The maximum absolute atomic E-state index is 12.4. The van der Waals surface area contributed by atoms with Gasteiger partial charge < -0.3 is 10.2 Å². The molecule has 6 nitrogen and oxygen atoms in total. The van der Waals surface area contributed by atoms with Gasteiger partial charge in [0, 0.05) is 23.9 Å². The Morgan fingerprint density at radius 3 is 2.62 bits per heavy atom. The van der Waals surface area contributed by atoms with Crippen molar-refractivity contribution in [2.24, 2.45) is 0 Å². The summed E-state index contributed by atoms with van der Waals surface area (Å²) < 4.78 is 2.51. The van der Waals surface area contributed by atoms with Crippen molar-refractivity contribution in [2.75, 3.05) is 13.6 Å². The number of carbonyl (C=O) groups is 2. The molecule has 24 heavy (non-hydrogen) atoms. The van der Waals surface area contributed by atoms with Crippen molar-refractivity contribution >= 4 is 27.7 Å². The number of aromatic nitrogens is 2. The Kier molecular flexibility index (Phi) is 6.14. The summed E-state index contributed by atoms with van der Waals surface area (Å²) in [5.74, 6) is -0.371. The number of carbonyl (C=O) groups excluding carboxylic acids is 2. The maximum Gasteiger partial charge on any atom is 0.247 e.